The lowest BCUT2D eigenvalue weighted by molar-refractivity contribution is 0.786. The summed E-state index contributed by atoms with van der Waals surface area (Å²) in [5.41, 5.74) is 0. The predicted molar refractivity (Wildman–Crippen MR) is 61.4 cm³/mol. The molecule has 0 saturated heterocycles. The highest BCUT2D eigenvalue weighted by molar-refractivity contribution is 7.99. The van der Waals surface area contributed by atoms with Gasteiger partial charge in [0.1, 0.15) is 23.0 Å². The summed E-state index contributed by atoms with van der Waals surface area (Å²) in [5.74, 6) is 1.54. The van der Waals surface area contributed by atoms with Gasteiger partial charge < -0.3 is 9.88 Å². The molecule has 0 aliphatic rings. The zero-order chi connectivity index (χ0) is 11.5. The summed E-state index contributed by atoms with van der Waals surface area (Å²) in [4.78, 5) is 8.55. The van der Waals surface area contributed by atoms with Gasteiger partial charge in [0.2, 0.25) is 0 Å². The smallest absolute Gasteiger partial charge is 0.197 e. The van der Waals surface area contributed by atoms with E-state index in [1.54, 1.807) is 6.33 Å². The summed E-state index contributed by atoms with van der Waals surface area (Å²) in [6, 6.07) is 1.88. The predicted octanol–water partition coefficient (Wildman–Crippen LogP) is 1.11. The number of hydrogen-bond donors (Lipinski definition) is 1. The molecule has 0 atom stereocenters. The minimum absolute atomic E-state index is 0.733. The Bertz CT molecular complexity index is 494. The maximum absolute atomic E-state index is 4.33. The molecule has 6 nitrogen and oxygen atoms in total. The van der Waals surface area contributed by atoms with Crippen molar-refractivity contribution in [2.24, 2.45) is 7.05 Å². The van der Waals surface area contributed by atoms with Crippen molar-refractivity contribution >= 4 is 17.6 Å². The van der Waals surface area contributed by atoms with Crippen LogP contribution in [0.3, 0.4) is 0 Å². The molecule has 0 radical (unpaired) electrons. The normalized spacial score (nSPS) is 10.4. The second kappa shape index (κ2) is 4.48. The van der Waals surface area contributed by atoms with E-state index < -0.39 is 0 Å². The quantitative estimate of drug-likeness (QED) is 0.805. The van der Waals surface area contributed by atoms with E-state index in [9.17, 15) is 0 Å². The summed E-state index contributed by atoms with van der Waals surface area (Å²) in [6.45, 7) is 1.86. The fourth-order valence-electron chi connectivity index (χ4n) is 1.18. The van der Waals surface area contributed by atoms with Crippen LogP contribution in [-0.4, -0.2) is 31.8 Å². The first-order chi connectivity index (χ1) is 7.69. The lowest BCUT2D eigenvalue weighted by atomic mass is 10.5. The van der Waals surface area contributed by atoms with Crippen molar-refractivity contribution in [1.29, 1.82) is 0 Å². The number of anilines is 1. The third kappa shape index (κ3) is 2.30. The van der Waals surface area contributed by atoms with E-state index in [-0.39, 0.29) is 0 Å². The van der Waals surface area contributed by atoms with Gasteiger partial charge in [-0.1, -0.05) is 0 Å². The lowest BCUT2D eigenvalue weighted by Gasteiger charge is -2.04. The highest BCUT2D eigenvalue weighted by Crippen LogP contribution is 2.24. The van der Waals surface area contributed by atoms with Gasteiger partial charge in [-0.05, 0) is 18.7 Å². The Labute approximate surface area is 97.5 Å². The zero-order valence-electron chi connectivity index (χ0n) is 9.30. The van der Waals surface area contributed by atoms with Gasteiger partial charge in [-0.3, -0.25) is 0 Å². The molecule has 2 aromatic heterocycles. The molecule has 0 aliphatic heterocycles. The van der Waals surface area contributed by atoms with Crippen molar-refractivity contribution < 1.29 is 0 Å². The van der Waals surface area contributed by atoms with Gasteiger partial charge in [0.05, 0.1) is 0 Å². The third-order valence-corrected chi connectivity index (χ3v) is 2.91. The molecule has 0 fully saturated rings. The molecule has 7 heteroatoms. The minimum atomic E-state index is 0.733. The van der Waals surface area contributed by atoms with E-state index in [0.717, 1.165) is 21.8 Å². The molecule has 0 aromatic carbocycles. The molecule has 16 heavy (non-hydrogen) atoms. The summed E-state index contributed by atoms with van der Waals surface area (Å²) < 4.78 is 1.85. The number of nitrogens with one attached hydrogen (secondary N) is 1. The van der Waals surface area contributed by atoms with Gasteiger partial charge in [0, 0.05) is 20.2 Å². The second-order valence-corrected chi connectivity index (χ2v) is 4.20. The van der Waals surface area contributed by atoms with Gasteiger partial charge in [-0.25, -0.2) is 9.97 Å². The summed E-state index contributed by atoms with van der Waals surface area (Å²) in [7, 11) is 3.73. The molecule has 0 amide bonds. The third-order valence-electron chi connectivity index (χ3n) is 1.94. The second-order valence-electron chi connectivity index (χ2n) is 3.22. The molecule has 2 heterocycles. The van der Waals surface area contributed by atoms with E-state index in [2.05, 4.69) is 25.5 Å². The Hall–Kier alpha value is -1.63. The Morgan fingerprint density at radius 3 is 2.81 bits per heavy atom. The Morgan fingerprint density at radius 1 is 1.38 bits per heavy atom. The molecule has 0 aliphatic carbocycles. The van der Waals surface area contributed by atoms with Gasteiger partial charge in [0.15, 0.2) is 5.16 Å². The summed E-state index contributed by atoms with van der Waals surface area (Å²) in [5, 5.41) is 12.5. The minimum Gasteiger partial charge on any atom is -0.373 e. The molecular weight excluding hydrogens is 224 g/mol. The van der Waals surface area contributed by atoms with Crippen molar-refractivity contribution in [3.05, 3.63) is 18.2 Å². The van der Waals surface area contributed by atoms with E-state index in [1.165, 1.54) is 11.8 Å². The van der Waals surface area contributed by atoms with Crippen LogP contribution in [0, 0.1) is 6.92 Å². The van der Waals surface area contributed by atoms with E-state index in [0.29, 0.717) is 0 Å². The molecular formula is C9H12N6S. The molecule has 1 N–H and O–H groups in total. The maximum Gasteiger partial charge on any atom is 0.197 e. The highest BCUT2D eigenvalue weighted by Gasteiger charge is 2.07. The zero-order valence-corrected chi connectivity index (χ0v) is 10.1. The molecule has 0 saturated carbocycles. The summed E-state index contributed by atoms with van der Waals surface area (Å²) in [6.07, 6.45) is 1.66. The first-order valence-corrected chi connectivity index (χ1v) is 5.56. The lowest BCUT2D eigenvalue weighted by Crippen LogP contribution is -1.98. The first-order valence-electron chi connectivity index (χ1n) is 4.74. The van der Waals surface area contributed by atoms with E-state index in [4.69, 9.17) is 0 Å². The number of hydrogen-bond acceptors (Lipinski definition) is 6. The van der Waals surface area contributed by atoms with Gasteiger partial charge in [-0.2, -0.15) is 0 Å². The average molecular weight is 236 g/mol. The van der Waals surface area contributed by atoms with Crippen molar-refractivity contribution in [3.8, 4) is 0 Å². The van der Waals surface area contributed by atoms with Crippen LogP contribution in [0.4, 0.5) is 5.82 Å². The van der Waals surface area contributed by atoms with Gasteiger partial charge >= 0.3 is 0 Å². The average Bonchev–Trinajstić information content (AvgIpc) is 2.63. The van der Waals surface area contributed by atoms with Crippen molar-refractivity contribution in [1.82, 2.24) is 24.7 Å². The van der Waals surface area contributed by atoms with Crippen LogP contribution in [0.25, 0.3) is 0 Å². The fourth-order valence-corrected chi connectivity index (χ4v) is 1.99. The Kier molecular flexibility index (Phi) is 3.04. The van der Waals surface area contributed by atoms with E-state index in [1.807, 2.05) is 31.7 Å². The van der Waals surface area contributed by atoms with Crippen LogP contribution in [0.2, 0.25) is 0 Å². The van der Waals surface area contributed by atoms with Crippen LogP contribution in [0.5, 0.6) is 0 Å². The molecule has 2 rings (SSSR count). The van der Waals surface area contributed by atoms with Gasteiger partial charge in [-0.15, -0.1) is 10.2 Å². The van der Waals surface area contributed by atoms with Crippen molar-refractivity contribution in [3.63, 3.8) is 0 Å². The number of nitrogens with zero attached hydrogens (tertiary/aromatic N) is 5. The number of aryl methyl sites for hydroxylation is 2. The summed E-state index contributed by atoms with van der Waals surface area (Å²) >= 11 is 1.46. The Morgan fingerprint density at radius 2 is 2.19 bits per heavy atom. The van der Waals surface area contributed by atoms with Crippen molar-refractivity contribution in [2.45, 2.75) is 17.1 Å². The highest BCUT2D eigenvalue weighted by atomic mass is 32.2. The van der Waals surface area contributed by atoms with Crippen LogP contribution >= 0.6 is 11.8 Å². The standard InChI is InChI=1S/C9H12N6S/c1-6-12-7(10-2)4-8(13-6)16-9-14-11-5-15(9)3/h4-5H,1-3H3,(H,10,12,13). The number of aromatic nitrogens is 5. The molecule has 2 aromatic rings. The van der Waals surface area contributed by atoms with Crippen LogP contribution in [-0.2, 0) is 7.05 Å². The van der Waals surface area contributed by atoms with Crippen LogP contribution in [0.1, 0.15) is 5.82 Å². The molecule has 84 valence electrons. The number of rotatable bonds is 3. The fraction of sp³-hybridized carbons (Fsp3) is 0.333. The Balaban J connectivity index is 2.28. The van der Waals surface area contributed by atoms with E-state index >= 15 is 0 Å². The SMILES string of the molecule is CNc1cc(Sc2nncn2C)nc(C)n1. The monoisotopic (exact) mass is 236 g/mol. The van der Waals surface area contributed by atoms with Crippen LogP contribution < -0.4 is 5.32 Å². The molecule has 0 bridgehead atoms. The molecule has 0 spiro atoms. The van der Waals surface area contributed by atoms with Crippen LogP contribution in [0.15, 0.2) is 22.6 Å². The maximum atomic E-state index is 4.33. The van der Waals surface area contributed by atoms with Crippen molar-refractivity contribution in [2.75, 3.05) is 12.4 Å². The molecule has 0 unspecified atom stereocenters. The largest absolute Gasteiger partial charge is 0.373 e. The topological polar surface area (TPSA) is 68.5 Å². The first kappa shape index (κ1) is 10.9. The van der Waals surface area contributed by atoms with Gasteiger partial charge in [0.25, 0.3) is 0 Å².